The summed E-state index contributed by atoms with van der Waals surface area (Å²) in [5, 5.41) is 4.97. The first kappa shape index (κ1) is 22.8. The van der Waals surface area contributed by atoms with Crippen molar-refractivity contribution in [2.24, 2.45) is 0 Å². The highest BCUT2D eigenvalue weighted by Gasteiger charge is 2.15. The van der Waals surface area contributed by atoms with Crippen molar-refractivity contribution in [1.82, 2.24) is 14.1 Å². The maximum absolute atomic E-state index is 4.39. The number of pyridine rings is 1. The van der Waals surface area contributed by atoms with E-state index in [2.05, 4.69) is 143 Å². The molecule has 5 aromatic carbocycles. The number of hydrogen-bond donors (Lipinski definition) is 0. The van der Waals surface area contributed by atoms with Crippen molar-refractivity contribution in [2.75, 3.05) is 0 Å². The Morgan fingerprint density at radius 1 is 0.450 bits per heavy atom. The second-order valence-electron chi connectivity index (χ2n) is 10.6. The molecule has 0 bridgehead atoms. The summed E-state index contributed by atoms with van der Waals surface area (Å²) in [6.07, 6.45) is 3.85. The van der Waals surface area contributed by atoms with Crippen molar-refractivity contribution in [3.05, 3.63) is 139 Å². The van der Waals surface area contributed by atoms with Crippen molar-refractivity contribution < 1.29 is 0 Å². The predicted molar refractivity (Wildman–Crippen MR) is 168 cm³/mol. The molecule has 0 aliphatic rings. The molecule has 0 atom stereocenters. The Bertz CT molecular complexity index is 1980. The zero-order valence-electron chi connectivity index (χ0n) is 22.5. The number of para-hydroxylation sites is 3. The predicted octanol–water partition coefficient (Wildman–Crippen LogP) is 9.56. The minimum atomic E-state index is 1.17. The van der Waals surface area contributed by atoms with Gasteiger partial charge in [-0.25, -0.2) is 0 Å². The van der Waals surface area contributed by atoms with Crippen LogP contribution in [0, 0.1) is 13.8 Å². The van der Waals surface area contributed by atoms with Crippen molar-refractivity contribution in [1.29, 1.82) is 0 Å². The Hall–Kier alpha value is -5.15. The molecule has 190 valence electrons. The molecule has 0 unspecified atom stereocenters. The summed E-state index contributed by atoms with van der Waals surface area (Å²) in [7, 11) is 0. The highest BCUT2D eigenvalue weighted by Crippen LogP contribution is 2.36. The van der Waals surface area contributed by atoms with Crippen LogP contribution in [0.5, 0.6) is 0 Å². The van der Waals surface area contributed by atoms with Crippen LogP contribution in [0.25, 0.3) is 66.1 Å². The normalized spacial score (nSPS) is 11.8. The van der Waals surface area contributed by atoms with Gasteiger partial charge in [0.25, 0.3) is 0 Å². The largest absolute Gasteiger partial charge is 0.309 e. The first-order valence-corrected chi connectivity index (χ1v) is 13.7. The number of rotatable bonds is 3. The van der Waals surface area contributed by atoms with Crippen LogP contribution in [0.1, 0.15) is 11.1 Å². The fourth-order valence-electron chi connectivity index (χ4n) is 6.47. The molecule has 0 aliphatic heterocycles. The summed E-state index contributed by atoms with van der Waals surface area (Å²) >= 11 is 0. The average Bonchev–Trinajstić information content (AvgIpc) is 3.51. The lowest BCUT2D eigenvalue weighted by Crippen LogP contribution is -1.98. The summed E-state index contributed by atoms with van der Waals surface area (Å²) in [5.74, 6) is 0. The number of hydrogen-bond acceptors (Lipinski definition) is 1. The smallest absolute Gasteiger partial charge is 0.0571 e. The van der Waals surface area contributed by atoms with E-state index in [-0.39, 0.29) is 0 Å². The molecule has 0 amide bonds. The van der Waals surface area contributed by atoms with Crippen molar-refractivity contribution in [3.8, 4) is 22.5 Å². The van der Waals surface area contributed by atoms with E-state index in [1.807, 2.05) is 12.4 Å². The third-order valence-corrected chi connectivity index (χ3v) is 8.28. The SMILES string of the molecule is Cc1cc(-n2c3ccccc3c3ccccc32)ccc1-c1ccc(-n2c3ccccc3c3cnccc32)cc1C. The first-order valence-electron chi connectivity index (χ1n) is 13.7. The molecule has 0 N–H and O–H groups in total. The monoisotopic (exact) mass is 513 g/mol. The van der Waals surface area contributed by atoms with Crippen molar-refractivity contribution >= 4 is 43.6 Å². The van der Waals surface area contributed by atoms with E-state index in [0.717, 1.165) is 0 Å². The second-order valence-corrected chi connectivity index (χ2v) is 10.6. The molecule has 3 heteroatoms. The van der Waals surface area contributed by atoms with Gasteiger partial charge in [-0.15, -0.1) is 0 Å². The Morgan fingerprint density at radius 2 is 0.875 bits per heavy atom. The van der Waals surface area contributed by atoms with Gasteiger partial charge in [-0.05, 0) is 84.6 Å². The topological polar surface area (TPSA) is 22.8 Å². The van der Waals surface area contributed by atoms with Crippen LogP contribution in [0.15, 0.2) is 128 Å². The van der Waals surface area contributed by atoms with E-state index in [1.165, 1.54) is 77.2 Å². The van der Waals surface area contributed by atoms with Crippen molar-refractivity contribution in [3.63, 3.8) is 0 Å². The van der Waals surface area contributed by atoms with Crippen LogP contribution >= 0.6 is 0 Å². The maximum Gasteiger partial charge on any atom is 0.0571 e. The van der Waals surface area contributed by atoms with Gasteiger partial charge in [-0.2, -0.15) is 0 Å². The van der Waals surface area contributed by atoms with Crippen LogP contribution in [0.4, 0.5) is 0 Å². The third-order valence-electron chi connectivity index (χ3n) is 8.28. The molecule has 40 heavy (non-hydrogen) atoms. The van der Waals surface area contributed by atoms with Crippen LogP contribution in [0.2, 0.25) is 0 Å². The van der Waals surface area contributed by atoms with Gasteiger partial charge in [0.2, 0.25) is 0 Å². The molecule has 0 radical (unpaired) electrons. The zero-order valence-corrected chi connectivity index (χ0v) is 22.5. The zero-order chi connectivity index (χ0) is 26.8. The van der Waals surface area contributed by atoms with Gasteiger partial charge in [-0.3, -0.25) is 4.98 Å². The van der Waals surface area contributed by atoms with E-state index >= 15 is 0 Å². The van der Waals surface area contributed by atoms with Gasteiger partial charge in [0.15, 0.2) is 0 Å². The van der Waals surface area contributed by atoms with Crippen LogP contribution in [-0.2, 0) is 0 Å². The van der Waals surface area contributed by atoms with E-state index < -0.39 is 0 Å². The number of benzene rings is 5. The Balaban J connectivity index is 1.25. The number of fused-ring (bicyclic) bond motifs is 6. The highest BCUT2D eigenvalue weighted by molar-refractivity contribution is 6.10. The fourth-order valence-corrected chi connectivity index (χ4v) is 6.47. The standard InChI is InChI=1S/C37H27N3/c1-24-21-26(39-34-12-6-3-9-30(34)31-10-4-7-13-35(31)39)15-17-28(24)29-18-16-27(22-25(29)2)40-36-14-8-5-11-32(36)33-23-38-20-19-37(33)40/h3-23H,1-2H3. The maximum atomic E-state index is 4.39. The molecular weight excluding hydrogens is 486 g/mol. The lowest BCUT2D eigenvalue weighted by Gasteiger charge is -2.15. The lowest BCUT2D eigenvalue weighted by atomic mass is 9.95. The van der Waals surface area contributed by atoms with Gasteiger partial charge < -0.3 is 9.13 Å². The van der Waals surface area contributed by atoms with Crippen LogP contribution in [-0.4, -0.2) is 14.1 Å². The number of aromatic nitrogens is 3. The lowest BCUT2D eigenvalue weighted by molar-refractivity contribution is 1.16. The fraction of sp³-hybridized carbons (Fsp3) is 0.0541. The average molecular weight is 514 g/mol. The molecule has 0 aliphatic carbocycles. The minimum Gasteiger partial charge on any atom is -0.309 e. The van der Waals surface area contributed by atoms with Gasteiger partial charge in [0.05, 0.1) is 22.1 Å². The van der Waals surface area contributed by atoms with E-state index in [9.17, 15) is 0 Å². The first-order chi connectivity index (χ1) is 19.7. The summed E-state index contributed by atoms with van der Waals surface area (Å²) < 4.78 is 4.73. The number of aryl methyl sites for hydroxylation is 2. The highest BCUT2D eigenvalue weighted by atomic mass is 15.0. The van der Waals surface area contributed by atoms with Gasteiger partial charge >= 0.3 is 0 Å². The molecule has 0 saturated heterocycles. The van der Waals surface area contributed by atoms with Crippen LogP contribution < -0.4 is 0 Å². The summed E-state index contributed by atoms with van der Waals surface area (Å²) in [4.78, 5) is 4.39. The molecule has 0 spiro atoms. The Labute approximate surface area is 232 Å². The van der Waals surface area contributed by atoms with E-state index in [1.54, 1.807) is 0 Å². The molecule has 3 aromatic heterocycles. The Morgan fingerprint density at radius 3 is 1.35 bits per heavy atom. The van der Waals surface area contributed by atoms with E-state index in [0.29, 0.717) is 0 Å². The van der Waals surface area contributed by atoms with Gasteiger partial charge in [0, 0.05) is 45.3 Å². The van der Waals surface area contributed by atoms with Gasteiger partial charge in [-0.1, -0.05) is 66.7 Å². The molecule has 8 rings (SSSR count). The van der Waals surface area contributed by atoms with Crippen LogP contribution in [0.3, 0.4) is 0 Å². The Kier molecular flexibility index (Phi) is 4.95. The van der Waals surface area contributed by atoms with Gasteiger partial charge in [0.1, 0.15) is 0 Å². The summed E-state index contributed by atoms with van der Waals surface area (Å²) in [5.41, 5.74) is 12.2. The molecule has 0 fully saturated rings. The summed E-state index contributed by atoms with van der Waals surface area (Å²) in [6, 6.07) is 41.7. The quantitative estimate of drug-likeness (QED) is 0.231. The summed E-state index contributed by atoms with van der Waals surface area (Å²) in [6.45, 7) is 4.44. The molecule has 8 aromatic rings. The van der Waals surface area contributed by atoms with E-state index in [4.69, 9.17) is 0 Å². The molecule has 0 saturated carbocycles. The third kappa shape index (κ3) is 3.28. The number of nitrogens with zero attached hydrogens (tertiary/aromatic N) is 3. The molecule has 3 nitrogen and oxygen atoms in total. The molecular formula is C37H27N3. The second kappa shape index (κ2) is 8.69. The minimum absolute atomic E-state index is 1.17. The molecule has 3 heterocycles. The van der Waals surface area contributed by atoms with Crippen molar-refractivity contribution in [2.45, 2.75) is 13.8 Å².